The molecular weight excluding hydrogens is 186 g/mol. The van der Waals surface area contributed by atoms with E-state index in [1.54, 1.807) is 0 Å². The molecule has 1 saturated heterocycles. The highest BCUT2D eigenvalue weighted by Crippen LogP contribution is 2.17. The van der Waals surface area contributed by atoms with Crippen LogP contribution in [0.25, 0.3) is 0 Å². The van der Waals surface area contributed by atoms with Crippen molar-refractivity contribution in [2.75, 3.05) is 27.2 Å². The third kappa shape index (κ3) is 3.48. The van der Waals surface area contributed by atoms with E-state index >= 15 is 0 Å². The molecule has 3 nitrogen and oxygen atoms in total. The molecule has 0 saturated carbocycles. The Kier molecular flexibility index (Phi) is 5.07. The van der Waals surface area contributed by atoms with Crippen LogP contribution in [-0.4, -0.2) is 49.1 Å². The lowest BCUT2D eigenvalue weighted by Crippen LogP contribution is -2.41. The van der Waals surface area contributed by atoms with Crippen molar-refractivity contribution in [3.05, 3.63) is 0 Å². The summed E-state index contributed by atoms with van der Waals surface area (Å²) in [5.74, 6) is 0. The summed E-state index contributed by atoms with van der Waals surface area (Å²) in [7, 11) is 4.36. The number of nitrogens with zero attached hydrogens (tertiary/aromatic N) is 3. The zero-order valence-corrected chi connectivity index (χ0v) is 10.2. The third-order valence-corrected chi connectivity index (χ3v) is 3.59. The monoisotopic (exact) mass is 209 g/mol. The van der Waals surface area contributed by atoms with Crippen molar-refractivity contribution < 1.29 is 0 Å². The fourth-order valence-corrected chi connectivity index (χ4v) is 2.41. The predicted octanol–water partition coefficient (Wildman–Crippen LogP) is 1.70. The number of hydrogen-bond acceptors (Lipinski definition) is 3. The maximum atomic E-state index is 8.74. The molecule has 0 aromatic heterocycles. The van der Waals surface area contributed by atoms with Crippen LogP contribution in [-0.2, 0) is 0 Å². The fraction of sp³-hybridized carbons (Fsp3) is 0.917. The van der Waals surface area contributed by atoms with E-state index in [0.29, 0.717) is 18.5 Å². The second-order valence-corrected chi connectivity index (χ2v) is 4.64. The number of likely N-dealkylation sites (N-methyl/N-ethyl adjacent to an activating group) is 2. The van der Waals surface area contributed by atoms with E-state index in [4.69, 9.17) is 5.26 Å². The predicted molar refractivity (Wildman–Crippen MR) is 62.6 cm³/mol. The van der Waals surface area contributed by atoms with E-state index in [9.17, 15) is 0 Å². The molecule has 0 spiro atoms. The van der Waals surface area contributed by atoms with Gasteiger partial charge in [-0.2, -0.15) is 5.26 Å². The summed E-state index contributed by atoms with van der Waals surface area (Å²) < 4.78 is 0. The quantitative estimate of drug-likeness (QED) is 0.690. The van der Waals surface area contributed by atoms with E-state index in [1.165, 1.54) is 19.4 Å². The topological polar surface area (TPSA) is 30.3 Å². The van der Waals surface area contributed by atoms with Crippen molar-refractivity contribution in [1.82, 2.24) is 9.80 Å². The highest BCUT2D eigenvalue weighted by atomic mass is 15.2. The largest absolute Gasteiger partial charge is 0.302 e. The zero-order chi connectivity index (χ0) is 11.3. The van der Waals surface area contributed by atoms with Crippen LogP contribution >= 0.6 is 0 Å². The van der Waals surface area contributed by atoms with Crippen molar-refractivity contribution in [2.45, 2.75) is 44.7 Å². The average Bonchev–Trinajstić information content (AvgIpc) is 2.60. The molecule has 1 aliphatic rings. The average molecular weight is 209 g/mol. The summed E-state index contributed by atoms with van der Waals surface area (Å²) in [6.45, 7) is 4.50. The Bertz CT molecular complexity index is 221. The summed E-state index contributed by atoms with van der Waals surface area (Å²) >= 11 is 0. The Morgan fingerprint density at radius 1 is 1.60 bits per heavy atom. The van der Waals surface area contributed by atoms with E-state index in [-0.39, 0.29) is 0 Å². The smallest absolute Gasteiger partial charge is 0.0638 e. The van der Waals surface area contributed by atoms with Gasteiger partial charge in [0.15, 0.2) is 0 Å². The Hall–Kier alpha value is -0.590. The van der Waals surface area contributed by atoms with Crippen LogP contribution < -0.4 is 0 Å². The SMILES string of the molecule is CCC(CC#N)N(C)CC1CCCN1C. The summed E-state index contributed by atoms with van der Waals surface area (Å²) in [6.07, 6.45) is 4.36. The van der Waals surface area contributed by atoms with Gasteiger partial charge in [-0.1, -0.05) is 6.92 Å². The van der Waals surface area contributed by atoms with Gasteiger partial charge in [0.2, 0.25) is 0 Å². The third-order valence-electron chi connectivity index (χ3n) is 3.59. The van der Waals surface area contributed by atoms with E-state index < -0.39 is 0 Å². The van der Waals surface area contributed by atoms with Crippen molar-refractivity contribution in [3.63, 3.8) is 0 Å². The van der Waals surface area contributed by atoms with Gasteiger partial charge < -0.3 is 9.80 Å². The van der Waals surface area contributed by atoms with Crippen LogP contribution in [0.1, 0.15) is 32.6 Å². The van der Waals surface area contributed by atoms with Crippen molar-refractivity contribution >= 4 is 0 Å². The molecule has 1 aliphatic heterocycles. The number of rotatable bonds is 5. The molecule has 15 heavy (non-hydrogen) atoms. The van der Waals surface area contributed by atoms with Gasteiger partial charge in [-0.25, -0.2) is 0 Å². The van der Waals surface area contributed by atoms with E-state index in [2.05, 4.69) is 36.9 Å². The molecular formula is C12H23N3. The molecule has 0 N–H and O–H groups in total. The van der Waals surface area contributed by atoms with Gasteiger partial charge in [-0.3, -0.25) is 0 Å². The highest BCUT2D eigenvalue weighted by molar-refractivity contribution is 4.85. The minimum Gasteiger partial charge on any atom is -0.302 e. The minimum absolute atomic E-state index is 0.434. The lowest BCUT2D eigenvalue weighted by Gasteiger charge is -2.30. The van der Waals surface area contributed by atoms with Crippen LogP contribution in [0.5, 0.6) is 0 Å². The molecule has 0 aromatic rings. The van der Waals surface area contributed by atoms with Crippen LogP contribution in [0.15, 0.2) is 0 Å². The first-order chi connectivity index (χ1) is 7.19. The maximum Gasteiger partial charge on any atom is 0.0638 e. The lowest BCUT2D eigenvalue weighted by atomic mass is 10.1. The van der Waals surface area contributed by atoms with Crippen molar-refractivity contribution in [2.24, 2.45) is 0 Å². The number of likely N-dealkylation sites (tertiary alicyclic amines) is 1. The maximum absolute atomic E-state index is 8.74. The standard InChI is InChI=1S/C12H23N3/c1-4-11(7-8-13)15(3)10-12-6-5-9-14(12)2/h11-12H,4-7,9-10H2,1-3H3. The van der Waals surface area contributed by atoms with Crippen LogP contribution in [0.2, 0.25) is 0 Å². The Labute approximate surface area is 93.7 Å². The molecule has 1 fully saturated rings. The van der Waals surface area contributed by atoms with Gasteiger partial charge in [0, 0.05) is 18.6 Å². The van der Waals surface area contributed by atoms with E-state index in [0.717, 1.165) is 13.0 Å². The first-order valence-electron chi connectivity index (χ1n) is 5.96. The number of nitriles is 1. The summed E-state index contributed by atoms with van der Waals surface area (Å²) in [5.41, 5.74) is 0. The van der Waals surface area contributed by atoms with Gasteiger partial charge in [-0.05, 0) is 39.9 Å². The lowest BCUT2D eigenvalue weighted by molar-refractivity contribution is 0.174. The summed E-state index contributed by atoms with van der Waals surface area (Å²) in [4.78, 5) is 4.80. The molecule has 86 valence electrons. The fourth-order valence-electron chi connectivity index (χ4n) is 2.41. The Morgan fingerprint density at radius 3 is 2.80 bits per heavy atom. The van der Waals surface area contributed by atoms with Crippen LogP contribution in [0.3, 0.4) is 0 Å². The minimum atomic E-state index is 0.434. The molecule has 1 rings (SSSR count). The molecule has 0 bridgehead atoms. The molecule has 3 heteroatoms. The van der Waals surface area contributed by atoms with E-state index in [1.807, 2.05) is 0 Å². The van der Waals surface area contributed by atoms with Crippen molar-refractivity contribution in [1.29, 1.82) is 5.26 Å². The molecule has 0 radical (unpaired) electrons. The molecule has 1 heterocycles. The Balaban J connectivity index is 2.39. The molecule has 0 amide bonds. The normalized spacial score (nSPS) is 24.3. The molecule has 0 aliphatic carbocycles. The number of hydrogen-bond donors (Lipinski definition) is 0. The second-order valence-electron chi connectivity index (χ2n) is 4.64. The van der Waals surface area contributed by atoms with Gasteiger partial charge >= 0.3 is 0 Å². The molecule has 2 unspecified atom stereocenters. The highest BCUT2D eigenvalue weighted by Gasteiger charge is 2.24. The van der Waals surface area contributed by atoms with Gasteiger partial charge in [-0.15, -0.1) is 0 Å². The second kappa shape index (κ2) is 6.09. The summed E-state index contributed by atoms with van der Waals surface area (Å²) in [6, 6.07) is 3.41. The van der Waals surface area contributed by atoms with Gasteiger partial charge in [0.25, 0.3) is 0 Å². The van der Waals surface area contributed by atoms with Gasteiger partial charge in [0.05, 0.1) is 12.5 Å². The van der Waals surface area contributed by atoms with Crippen LogP contribution in [0, 0.1) is 11.3 Å². The first-order valence-corrected chi connectivity index (χ1v) is 5.96. The van der Waals surface area contributed by atoms with Crippen LogP contribution in [0.4, 0.5) is 0 Å². The Morgan fingerprint density at radius 2 is 2.33 bits per heavy atom. The zero-order valence-electron chi connectivity index (χ0n) is 10.2. The summed E-state index contributed by atoms with van der Waals surface area (Å²) in [5, 5.41) is 8.74. The van der Waals surface area contributed by atoms with Crippen molar-refractivity contribution in [3.8, 4) is 6.07 Å². The molecule has 0 aromatic carbocycles. The van der Waals surface area contributed by atoms with Gasteiger partial charge in [0.1, 0.15) is 0 Å². The molecule has 2 atom stereocenters. The first kappa shape index (κ1) is 12.5.